The molecule has 0 atom stereocenters. The monoisotopic (exact) mass is 175 g/mol. The molecule has 0 radical (unpaired) electrons. The van der Waals surface area contributed by atoms with E-state index in [1.54, 1.807) is 11.9 Å². The van der Waals surface area contributed by atoms with E-state index in [0.717, 1.165) is 18.9 Å². The molecule has 0 bridgehead atoms. The van der Waals surface area contributed by atoms with Crippen LogP contribution < -0.4 is 0 Å². The summed E-state index contributed by atoms with van der Waals surface area (Å²) in [4.78, 5) is 12.1. The molecule has 11 heavy (non-hydrogen) atoms. The van der Waals surface area contributed by atoms with E-state index >= 15 is 0 Å². The van der Waals surface area contributed by atoms with Gasteiger partial charge in [-0.15, -0.1) is 0 Å². The Hall–Kier alpha value is -0.240. The second kappa shape index (κ2) is 3.96. The summed E-state index contributed by atoms with van der Waals surface area (Å²) in [6, 6.07) is 0. The number of carbonyl (C=O) groups is 1. The second-order valence-electron chi connectivity index (χ2n) is 3.26. The van der Waals surface area contributed by atoms with Crippen LogP contribution in [0.2, 0.25) is 0 Å². The highest BCUT2D eigenvalue weighted by molar-refractivity contribution is 6.62. The minimum atomic E-state index is -0.343. The van der Waals surface area contributed by atoms with Gasteiger partial charge in [-0.3, -0.25) is 4.79 Å². The van der Waals surface area contributed by atoms with E-state index in [0.29, 0.717) is 0 Å². The van der Waals surface area contributed by atoms with Gasteiger partial charge in [0.05, 0.1) is 0 Å². The average molecular weight is 176 g/mol. The van der Waals surface area contributed by atoms with Crippen LogP contribution in [-0.4, -0.2) is 23.9 Å². The van der Waals surface area contributed by atoms with Gasteiger partial charge in [-0.1, -0.05) is 19.3 Å². The smallest absolute Gasteiger partial charge is 0.316 e. The molecule has 1 fully saturated rings. The molecule has 1 aliphatic rings. The fourth-order valence-electron chi connectivity index (χ4n) is 1.25. The molecule has 0 spiro atoms. The van der Waals surface area contributed by atoms with Crippen LogP contribution in [0.4, 0.5) is 4.79 Å². The molecular weight excluding hydrogens is 162 g/mol. The van der Waals surface area contributed by atoms with Crippen molar-refractivity contribution in [2.24, 2.45) is 5.92 Å². The maximum Gasteiger partial charge on any atom is 0.316 e. The van der Waals surface area contributed by atoms with Gasteiger partial charge in [-0.2, -0.15) is 0 Å². The first-order valence-electron chi connectivity index (χ1n) is 4.10. The van der Waals surface area contributed by atoms with Crippen LogP contribution in [0, 0.1) is 5.92 Å². The molecule has 3 heteroatoms. The zero-order chi connectivity index (χ0) is 8.27. The Morgan fingerprint density at radius 1 is 1.64 bits per heavy atom. The number of carbonyl (C=O) groups excluding carboxylic acids is 1. The van der Waals surface area contributed by atoms with Gasteiger partial charge in [0.15, 0.2) is 0 Å². The zero-order valence-corrected chi connectivity index (χ0v) is 7.60. The summed E-state index contributed by atoms with van der Waals surface area (Å²) in [7, 11) is 1.74. The van der Waals surface area contributed by atoms with Gasteiger partial charge in [0.1, 0.15) is 0 Å². The number of hydrogen-bond donors (Lipinski definition) is 0. The number of rotatable bonds is 3. The highest BCUT2D eigenvalue weighted by Crippen LogP contribution is 2.29. The van der Waals surface area contributed by atoms with Crippen LogP contribution in [-0.2, 0) is 0 Å². The first-order valence-corrected chi connectivity index (χ1v) is 4.48. The molecule has 0 heterocycles. The van der Waals surface area contributed by atoms with E-state index in [2.05, 4.69) is 0 Å². The predicted octanol–water partition coefficient (Wildman–Crippen LogP) is 2.47. The van der Waals surface area contributed by atoms with E-state index < -0.39 is 0 Å². The quantitative estimate of drug-likeness (QED) is 0.477. The lowest BCUT2D eigenvalue weighted by atomic mass is 9.83. The molecule has 0 aromatic heterocycles. The fourth-order valence-corrected chi connectivity index (χ4v) is 1.33. The fraction of sp³-hybridized carbons (Fsp3) is 0.875. The lowest BCUT2D eigenvalue weighted by molar-refractivity contribution is 0.218. The summed E-state index contributed by atoms with van der Waals surface area (Å²) in [6.45, 7) is 0.812. The highest BCUT2D eigenvalue weighted by atomic mass is 35.5. The van der Waals surface area contributed by atoms with Crippen LogP contribution >= 0.6 is 11.6 Å². The summed E-state index contributed by atoms with van der Waals surface area (Å²) < 4.78 is 0. The SMILES string of the molecule is CN(CCC1CCC1)C(=O)Cl. The van der Waals surface area contributed by atoms with Gasteiger partial charge < -0.3 is 4.90 Å². The summed E-state index contributed by atoms with van der Waals surface area (Å²) in [5, 5.41) is -0.343. The molecule has 2 nitrogen and oxygen atoms in total. The Bertz CT molecular complexity index is 145. The van der Waals surface area contributed by atoms with Crippen molar-refractivity contribution in [3.63, 3.8) is 0 Å². The molecule has 0 unspecified atom stereocenters. The van der Waals surface area contributed by atoms with Crippen molar-refractivity contribution in [2.45, 2.75) is 25.7 Å². The van der Waals surface area contributed by atoms with Crippen LogP contribution in [0.15, 0.2) is 0 Å². The third-order valence-corrected chi connectivity index (χ3v) is 2.69. The average Bonchev–Trinajstić information content (AvgIpc) is 1.83. The van der Waals surface area contributed by atoms with Crippen LogP contribution in [0.5, 0.6) is 0 Å². The normalized spacial score (nSPS) is 17.6. The first-order chi connectivity index (χ1) is 5.20. The van der Waals surface area contributed by atoms with Gasteiger partial charge in [-0.25, -0.2) is 0 Å². The molecule has 0 aromatic carbocycles. The maximum atomic E-state index is 10.6. The van der Waals surface area contributed by atoms with Crippen molar-refractivity contribution in [1.82, 2.24) is 4.90 Å². The zero-order valence-electron chi connectivity index (χ0n) is 6.85. The number of halogens is 1. The molecule has 0 saturated heterocycles. The van der Waals surface area contributed by atoms with E-state index in [1.165, 1.54) is 19.3 Å². The van der Waals surface area contributed by atoms with E-state index in [1.807, 2.05) is 0 Å². The molecule has 1 aliphatic carbocycles. The standard InChI is InChI=1S/C8H14ClNO/c1-10(8(9)11)6-5-7-3-2-4-7/h7H,2-6H2,1H3. The minimum Gasteiger partial charge on any atom is -0.332 e. The van der Waals surface area contributed by atoms with Crippen molar-refractivity contribution in [3.05, 3.63) is 0 Å². The Labute approximate surface area is 72.5 Å². The molecule has 0 aliphatic heterocycles. The predicted molar refractivity (Wildman–Crippen MR) is 45.8 cm³/mol. The number of amides is 1. The number of hydrogen-bond acceptors (Lipinski definition) is 1. The van der Waals surface area contributed by atoms with Gasteiger partial charge in [-0.05, 0) is 23.9 Å². The van der Waals surface area contributed by atoms with Crippen LogP contribution in [0.3, 0.4) is 0 Å². The van der Waals surface area contributed by atoms with Gasteiger partial charge >= 0.3 is 5.37 Å². The molecule has 0 N–H and O–H groups in total. The topological polar surface area (TPSA) is 20.3 Å². The van der Waals surface area contributed by atoms with Gasteiger partial charge in [0.25, 0.3) is 0 Å². The molecule has 64 valence electrons. The summed E-state index contributed by atoms with van der Waals surface area (Å²) in [5.41, 5.74) is 0. The summed E-state index contributed by atoms with van der Waals surface area (Å²) >= 11 is 5.26. The Morgan fingerprint density at radius 2 is 2.27 bits per heavy atom. The molecule has 1 amide bonds. The number of nitrogens with zero attached hydrogens (tertiary/aromatic N) is 1. The molecular formula is C8H14ClNO. The maximum absolute atomic E-state index is 10.6. The molecule has 0 aromatic rings. The van der Waals surface area contributed by atoms with Crippen molar-refractivity contribution in [1.29, 1.82) is 0 Å². The largest absolute Gasteiger partial charge is 0.332 e. The highest BCUT2D eigenvalue weighted by Gasteiger charge is 2.17. The van der Waals surface area contributed by atoms with E-state index in [9.17, 15) is 4.79 Å². The van der Waals surface area contributed by atoms with E-state index in [-0.39, 0.29) is 5.37 Å². The van der Waals surface area contributed by atoms with Crippen molar-refractivity contribution in [3.8, 4) is 0 Å². The summed E-state index contributed by atoms with van der Waals surface area (Å²) in [5.74, 6) is 0.855. The molecule has 1 saturated carbocycles. The summed E-state index contributed by atoms with van der Waals surface area (Å²) in [6.07, 6.45) is 5.16. The molecule has 1 rings (SSSR count). The van der Waals surface area contributed by atoms with Crippen molar-refractivity contribution < 1.29 is 4.79 Å². The van der Waals surface area contributed by atoms with E-state index in [4.69, 9.17) is 11.6 Å². The van der Waals surface area contributed by atoms with Gasteiger partial charge in [0, 0.05) is 13.6 Å². The third-order valence-electron chi connectivity index (χ3n) is 2.40. The Kier molecular flexibility index (Phi) is 3.18. The van der Waals surface area contributed by atoms with Crippen LogP contribution in [0.25, 0.3) is 0 Å². The second-order valence-corrected chi connectivity index (χ2v) is 3.58. The Morgan fingerprint density at radius 3 is 2.64 bits per heavy atom. The van der Waals surface area contributed by atoms with Crippen molar-refractivity contribution >= 4 is 17.0 Å². The minimum absolute atomic E-state index is 0.343. The van der Waals surface area contributed by atoms with Crippen molar-refractivity contribution in [2.75, 3.05) is 13.6 Å². The lowest BCUT2D eigenvalue weighted by Gasteiger charge is -2.26. The van der Waals surface area contributed by atoms with Crippen LogP contribution in [0.1, 0.15) is 25.7 Å². The first kappa shape index (κ1) is 8.85. The van der Waals surface area contributed by atoms with Gasteiger partial charge in [0.2, 0.25) is 0 Å². The third kappa shape index (κ3) is 2.70. The Balaban J connectivity index is 2.05. The lowest BCUT2D eigenvalue weighted by Crippen LogP contribution is -2.25.